The van der Waals surface area contributed by atoms with Gasteiger partial charge in [0.25, 0.3) is 5.91 Å². The number of rotatable bonds is 3. The Labute approximate surface area is 108 Å². The molecule has 0 atom stereocenters. The summed E-state index contributed by atoms with van der Waals surface area (Å²) in [6.07, 6.45) is 1.52. The summed E-state index contributed by atoms with van der Waals surface area (Å²) in [5.41, 5.74) is 0.808. The minimum absolute atomic E-state index is 0.0598. The minimum atomic E-state index is -0.403. The number of nitrogens with zero attached hydrogens (tertiary/aromatic N) is 1. The number of amides is 1. The molecule has 5 heteroatoms. The van der Waals surface area contributed by atoms with Gasteiger partial charge in [0.15, 0.2) is 0 Å². The van der Waals surface area contributed by atoms with Gasteiger partial charge in [0.2, 0.25) is 0 Å². The Balaban J connectivity index is 3.10. The number of nitriles is 1. The van der Waals surface area contributed by atoms with Crippen LogP contribution in [0, 0.1) is 11.3 Å². The Morgan fingerprint density at radius 1 is 1.59 bits per heavy atom. The van der Waals surface area contributed by atoms with E-state index in [9.17, 15) is 4.79 Å². The molecule has 0 spiro atoms. The lowest BCUT2D eigenvalue weighted by Gasteiger charge is -2.04. The topological polar surface area (TPSA) is 62.1 Å². The van der Waals surface area contributed by atoms with Gasteiger partial charge in [-0.25, -0.2) is 0 Å². The fourth-order valence-corrected chi connectivity index (χ4v) is 1.78. The van der Waals surface area contributed by atoms with Gasteiger partial charge in [0.05, 0.1) is 11.6 Å². The third-order valence-corrected chi connectivity index (χ3v) is 2.70. The average Bonchev–Trinajstić information content (AvgIpc) is 2.35. The number of likely N-dealkylation sites (N-methyl/N-ethyl adjacent to an activating group) is 1. The highest BCUT2D eigenvalue weighted by Crippen LogP contribution is 2.26. The molecule has 0 aliphatic carbocycles. The van der Waals surface area contributed by atoms with Crippen LogP contribution in [0.3, 0.4) is 0 Å². The normalized spacial score (nSPS) is 10.6. The van der Waals surface area contributed by atoms with Crippen LogP contribution >= 0.6 is 15.9 Å². The summed E-state index contributed by atoms with van der Waals surface area (Å²) in [6.45, 7) is 0. The molecule has 4 nitrogen and oxygen atoms in total. The van der Waals surface area contributed by atoms with E-state index in [4.69, 9.17) is 10.00 Å². The zero-order valence-corrected chi connectivity index (χ0v) is 11.0. The molecule has 0 fully saturated rings. The van der Waals surface area contributed by atoms with E-state index in [1.54, 1.807) is 25.3 Å². The van der Waals surface area contributed by atoms with Crippen molar-refractivity contribution in [2.75, 3.05) is 14.2 Å². The van der Waals surface area contributed by atoms with Crippen molar-refractivity contribution in [1.29, 1.82) is 5.26 Å². The molecule has 0 aliphatic heterocycles. The Hall–Kier alpha value is -1.80. The largest absolute Gasteiger partial charge is 0.496 e. The van der Waals surface area contributed by atoms with E-state index < -0.39 is 5.91 Å². The number of hydrogen-bond donors (Lipinski definition) is 1. The molecule has 1 aromatic rings. The van der Waals surface area contributed by atoms with Crippen LogP contribution < -0.4 is 10.1 Å². The number of carbonyl (C=O) groups is 1. The molecule has 0 bridgehead atoms. The summed E-state index contributed by atoms with van der Waals surface area (Å²) in [4.78, 5) is 11.3. The van der Waals surface area contributed by atoms with Crippen molar-refractivity contribution in [2.45, 2.75) is 0 Å². The first-order chi connectivity index (χ1) is 8.12. The van der Waals surface area contributed by atoms with Gasteiger partial charge in [-0.1, -0.05) is 6.07 Å². The zero-order chi connectivity index (χ0) is 12.8. The van der Waals surface area contributed by atoms with E-state index in [0.29, 0.717) is 5.75 Å². The standard InChI is InChI=1S/C12H11BrN2O2/c1-15-12(16)9(7-14)5-8-3-4-11(17-2)10(13)6-8/h3-6H,1-2H3,(H,15,16)/b9-5-. The number of methoxy groups -OCH3 is 1. The second-order valence-electron chi connectivity index (χ2n) is 3.14. The van der Waals surface area contributed by atoms with E-state index in [2.05, 4.69) is 21.2 Å². The van der Waals surface area contributed by atoms with Crippen molar-refractivity contribution in [3.63, 3.8) is 0 Å². The molecule has 0 unspecified atom stereocenters. The number of ether oxygens (including phenoxy) is 1. The van der Waals surface area contributed by atoms with Crippen LogP contribution in [0.4, 0.5) is 0 Å². The van der Waals surface area contributed by atoms with Crippen molar-refractivity contribution in [3.8, 4) is 11.8 Å². The second-order valence-corrected chi connectivity index (χ2v) is 4.00. The van der Waals surface area contributed by atoms with E-state index in [0.717, 1.165) is 10.0 Å². The smallest absolute Gasteiger partial charge is 0.261 e. The maximum absolute atomic E-state index is 11.3. The van der Waals surface area contributed by atoms with Crippen LogP contribution in [0.5, 0.6) is 5.75 Å². The molecule has 0 saturated heterocycles. The first kappa shape index (κ1) is 13.3. The number of halogens is 1. The quantitative estimate of drug-likeness (QED) is 0.686. The van der Waals surface area contributed by atoms with Gasteiger partial charge < -0.3 is 10.1 Å². The summed E-state index contributed by atoms with van der Waals surface area (Å²) in [5.74, 6) is 0.292. The van der Waals surface area contributed by atoms with Crippen molar-refractivity contribution in [2.24, 2.45) is 0 Å². The van der Waals surface area contributed by atoms with Gasteiger partial charge >= 0.3 is 0 Å². The molecular weight excluding hydrogens is 284 g/mol. The summed E-state index contributed by atoms with van der Waals surface area (Å²) in [5, 5.41) is 11.3. The lowest BCUT2D eigenvalue weighted by Crippen LogP contribution is -2.19. The molecule has 17 heavy (non-hydrogen) atoms. The molecule has 0 heterocycles. The monoisotopic (exact) mass is 294 g/mol. The molecule has 1 aromatic carbocycles. The van der Waals surface area contributed by atoms with Crippen molar-refractivity contribution >= 4 is 27.9 Å². The van der Waals surface area contributed by atoms with Gasteiger partial charge in [-0.3, -0.25) is 4.79 Å². The molecule has 1 rings (SSSR count). The highest BCUT2D eigenvalue weighted by Gasteiger charge is 2.07. The molecular formula is C12H11BrN2O2. The molecule has 88 valence electrons. The molecule has 1 N–H and O–H groups in total. The molecule has 0 aromatic heterocycles. The predicted octanol–water partition coefficient (Wildman–Crippen LogP) is 2.11. The Morgan fingerprint density at radius 2 is 2.29 bits per heavy atom. The maximum Gasteiger partial charge on any atom is 0.261 e. The third-order valence-electron chi connectivity index (χ3n) is 2.08. The van der Waals surface area contributed by atoms with Gasteiger partial charge in [-0.05, 0) is 39.7 Å². The first-order valence-corrected chi connectivity index (χ1v) is 5.59. The fraction of sp³-hybridized carbons (Fsp3) is 0.167. The molecule has 0 saturated carbocycles. The molecule has 0 aliphatic rings. The van der Waals surface area contributed by atoms with Crippen LogP contribution in [-0.4, -0.2) is 20.1 Å². The van der Waals surface area contributed by atoms with Crippen LogP contribution in [0.25, 0.3) is 6.08 Å². The molecule has 0 radical (unpaired) electrons. The Kier molecular flexibility index (Phi) is 4.73. The van der Waals surface area contributed by atoms with Crippen molar-refractivity contribution in [1.82, 2.24) is 5.32 Å². The number of nitrogens with one attached hydrogen (secondary N) is 1. The highest BCUT2D eigenvalue weighted by molar-refractivity contribution is 9.10. The van der Waals surface area contributed by atoms with Gasteiger partial charge in [-0.15, -0.1) is 0 Å². The van der Waals surface area contributed by atoms with Crippen LogP contribution in [0.1, 0.15) is 5.56 Å². The van der Waals surface area contributed by atoms with Crippen LogP contribution in [0.2, 0.25) is 0 Å². The minimum Gasteiger partial charge on any atom is -0.496 e. The fourth-order valence-electron chi connectivity index (χ4n) is 1.22. The van der Waals surface area contributed by atoms with Gasteiger partial charge in [0.1, 0.15) is 17.4 Å². The summed E-state index contributed by atoms with van der Waals surface area (Å²) in [6, 6.07) is 7.16. The van der Waals surface area contributed by atoms with E-state index >= 15 is 0 Å². The van der Waals surface area contributed by atoms with Gasteiger partial charge in [0, 0.05) is 7.05 Å². The highest BCUT2D eigenvalue weighted by atomic mass is 79.9. The van der Waals surface area contributed by atoms with Gasteiger partial charge in [-0.2, -0.15) is 5.26 Å². The van der Waals surface area contributed by atoms with Crippen molar-refractivity contribution in [3.05, 3.63) is 33.8 Å². The maximum atomic E-state index is 11.3. The number of hydrogen-bond acceptors (Lipinski definition) is 3. The van der Waals surface area contributed by atoms with E-state index in [1.165, 1.54) is 13.1 Å². The van der Waals surface area contributed by atoms with Crippen LogP contribution in [-0.2, 0) is 4.79 Å². The van der Waals surface area contributed by atoms with Crippen LogP contribution in [0.15, 0.2) is 28.2 Å². The Bertz CT molecular complexity index is 504. The third kappa shape index (κ3) is 3.33. The lowest BCUT2D eigenvalue weighted by molar-refractivity contribution is -0.116. The van der Waals surface area contributed by atoms with Crippen molar-refractivity contribution < 1.29 is 9.53 Å². The lowest BCUT2D eigenvalue weighted by atomic mass is 10.1. The van der Waals surface area contributed by atoms with E-state index in [1.807, 2.05) is 6.07 Å². The first-order valence-electron chi connectivity index (χ1n) is 4.79. The summed E-state index contributed by atoms with van der Waals surface area (Å²) >= 11 is 3.34. The van der Waals surface area contributed by atoms with E-state index in [-0.39, 0.29) is 5.57 Å². The number of carbonyl (C=O) groups excluding carboxylic acids is 1. The summed E-state index contributed by atoms with van der Waals surface area (Å²) < 4.78 is 5.85. The zero-order valence-electron chi connectivity index (χ0n) is 9.45. The SMILES string of the molecule is CNC(=O)/C(C#N)=C\c1ccc(OC)c(Br)c1. The Morgan fingerprint density at radius 3 is 2.76 bits per heavy atom. The summed E-state index contributed by atoms with van der Waals surface area (Å²) in [7, 11) is 3.05. The number of benzene rings is 1. The average molecular weight is 295 g/mol. The predicted molar refractivity (Wildman–Crippen MR) is 68.4 cm³/mol. The second kappa shape index (κ2) is 6.06. The molecule has 1 amide bonds.